The maximum Gasteiger partial charge on any atom is 0.522 e. The molecule has 206 valence electrons. The van der Waals surface area contributed by atoms with Crippen molar-refractivity contribution in [2.45, 2.75) is 102 Å². The molecule has 2 aliphatic heterocycles. The van der Waals surface area contributed by atoms with Crippen molar-refractivity contribution in [3.05, 3.63) is 0 Å². The molecule has 2 saturated carbocycles. The second kappa shape index (κ2) is 12.8. The molecule has 6 N–H and O–H groups in total. The van der Waals surface area contributed by atoms with Gasteiger partial charge in [0.25, 0.3) is 0 Å². The van der Waals surface area contributed by atoms with Crippen LogP contribution in [-0.2, 0) is 19.2 Å². The minimum absolute atomic E-state index is 0.0518. The predicted octanol–water partition coefficient (Wildman–Crippen LogP) is 1.50. The van der Waals surface area contributed by atoms with E-state index in [9.17, 15) is 22.8 Å². The number of hydrogen-bond acceptors (Lipinski definition) is 8. The molecule has 4 fully saturated rings. The first-order valence-corrected chi connectivity index (χ1v) is 13.3. The Bertz CT molecular complexity index is 737. The van der Waals surface area contributed by atoms with Crippen LogP contribution in [0, 0.1) is 17.8 Å². The lowest BCUT2D eigenvalue weighted by Crippen LogP contribution is -2.64. The van der Waals surface area contributed by atoms with E-state index in [4.69, 9.17) is 4.84 Å². The van der Waals surface area contributed by atoms with Crippen LogP contribution in [0.25, 0.3) is 0 Å². The topological polar surface area (TPSA) is 125 Å². The second-order valence-corrected chi connectivity index (χ2v) is 10.3. The average molecular weight is 521 g/mol. The first-order chi connectivity index (χ1) is 17.3. The summed E-state index contributed by atoms with van der Waals surface area (Å²) in [6.45, 7) is 1.29. The van der Waals surface area contributed by atoms with E-state index in [-0.39, 0.29) is 42.2 Å². The summed E-state index contributed by atoms with van der Waals surface area (Å²) in [6.07, 6.45) is 2.00. The number of ether oxygens (including phenoxy) is 1. The molecule has 36 heavy (non-hydrogen) atoms. The summed E-state index contributed by atoms with van der Waals surface area (Å²) in [5.74, 6) is 0.581. The molecule has 0 aromatic rings. The Hall–Kier alpha value is -1.51. The van der Waals surface area contributed by atoms with Crippen LogP contribution in [0.3, 0.4) is 0 Å². The summed E-state index contributed by atoms with van der Waals surface area (Å²) in [4.78, 5) is 29.8. The number of carbonyl (C=O) groups is 2. The van der Waals surface area contributed by atoms with Crippen LogP contribution in [0.4, 0.5) is 13.2 Å². The molecule has 2 saturated heterocycles. The van der Waals surface area contributed by atoms with Crippen molar-refractivity contribution in [1.29, 1.82) is 0 Å². The fourth-order valence-corrected chi connectivity index (χ4v) is 5.89. The average Bonchev–Trinajstić information content (AvgIpc) is 3.33. The van der Waals surface area contributed by atoms with Crippen molar-refractivity contribution >= 4 is 11.8 Å². The van der Waals surface area contributed by atoms with E-state index in [1.54, 1.807) is 0 Å². The molecule has 2 amide bonds. The van der Waals surface area contributed by atoms with Gasteiger partial charge in [0.2, 0.25) is 11.8 Å². The number of carbonyl (C=O) groups excluding carboxylic acids is 2. The van der Waals surface area contributed by atoms with Gasteiger partial charge in [-0.2, -0.15) is 5.48 Å². The van der Waals surface area contributed by atoms with Crippen LogP contribution >= 0.6 is 0 Å². The van der Waals surface area contributed by atoms with Crippen molar-refractivity contribution < 1.29 is 32.3 Å². The standard InChI is InChI=1S/C23H39F3N6O4/c24-23(25,26)35-15-8-6-14(7-9-15)20-29-19(36-32-20)11-10-18(33)27-12-3-13-28-21-16-4-1-2-5-17(16)22(34)31-30-21/h14-17,19-21,28-30,32H,1-13H2,(H,27,33)(H,31,34). The smallest absolute Gasteiger partial charge is 0.356 e. The van der Waals surface area contributed by atoms with Gasteiger partial charge in [0.15, 0.2) is 0 Å². The fourth-order valence-electron chi connectivity index (χ4n) is 5.89. The lowest BCUT2D eigenvalue weighted by molar-refractivity contribution is -0.345. The molecule has 0 aromatic heterocycles. The summed E-state index contributed by atoms with van der Waals surface area (Å²) in [7, 11) is 0. The molecule has 2 heterocycles. The molecule has 0 bridgehead atoms. The predicted molar refractivity (Wildman–Crippen MR) is 123 cm³/mol. The molecule has 0 aromatic carbocycles. The van der Waals surface area contributed by atoms with Crippen molar-refractivity contribution in [3.63, 3.8) is 0 Å². The molecule has 4 rings (SSSR count). The van der Waals surface area contributed by atoms with Crippen molar-refractivity contribution in [2.75, 3.05) is 13.1 Å². The number of alkyl halides is 3. The number of halogens is 3. The number of fused-ring (bicyclic) bond motifs is 1. The minimum atomic E-state index is -4.59. The fraction of sp³-hybridized carbons (Fsp3) is 0.913. The first-order valence-electron chi connectivity index (χ1n) is 13.3. The molecule has 0 radical (unpaired) electrons. The summed E-state index contributed by atoms with van der Waals surface area (Å²) < 4.78 is 41.3. The van der Waals surface area contributed by atoms with Gasteiger partial charge in [-0.25, -0.2) is 5.43 Å². The van der Waals surface area contributed by atoms with Crippen molar-refractivity contribution in [1.82, 2.24) is 32.3 Å². The molecule has 13 heteroatoms. The van der Waals surface area contributed by atoms with Crippen molar-refractivity contribution in [2.24, 2.45) is 17.8 Å². The van der Waals surface area contributed by atoms with Gasteiger partial charge in [0.1, 0.15) is 6.23 Å². The van der Waals surface area contributed by atoms with Crippen LogP contribution in [0.5, 0.6) is 0 Å². The van der Waals surface area contributed by atoms with Crippen LogP contribution < -0.4 is 32.3 Å². The molecule has 2 aliphatic carbocycles. The molecule has 10 nitrogen and oxygen atoms in total. The number of hydroxylamine groups is 1. The Morgan fingerprint density at radius 2 is 1.86 bits per heavy atom. The van der Waals surface area contributed by atoms with E-state index in [0.29, 0.717) is 51.0 Å². The quantitative estimate of drug-likeness (QED) is 0.240. The summed E-state index contributed by atoms with van der Waals surface area (Å²) in [5, 5.41) is 9.68. The van der Waals surface area contributed by atoms with E-state index in [1.165, 1.54) is 0 Å². The van der Waals surface area contributed by atoms with Crippen molar-refractivity contribution in [3.8, 4) is 0 Å². The Kier molecular flexibility index (Phi) is 9.81. The van der Waals surface area contributed by atoms with Gasteiger partial charge < -0.3 is 10.6 Å². The Balaban J connectivity index is 1.04. The maximum absolute atomic E-state index is 12.4. The van der Waals surface area contributed by atoms with Gasteiger partial charge in [-0.05, 0) is 63.8 Å². The number of hydrazine groups is 1. The highest BCUT2D eigenvalue weighted by Gasteiger charge is 2.40. The number of hydrogen-bond donors (Lipinski definition) is 6. The van der Waals surface area contributed by atoms with E-state index >= 15 is 0 Å². The first kappa shape index (κ1) is 27.5. The van der Waals surface area contributed by atoms with Gasteiger partial charge in [-0.3, -0.25) is 29.9 Å². The van der Waals surface area contributed by atoms with Crippen LogP contribution in [0.1, 0.15) is 70.6 Å². The molecule has 4 aliphatic rings. The normalized spacial score (nSPS) is 35.2. The highest BCUT2D eigenvalue weighted by molar-refractivity contribution is 5.79. The number of rotatable bonds is 10. The Morgan fingerprint density at radius 3 is 2.64 bits per heavy atom. The molecular formula is C23H39F3N6O4. The Labute approximate surface area is 209 Å². The van der Waals surface area contributed by atoms with Gasteiger partial charge in [-0.1, -0.05) is 12.8 Å². The second-order valence-electron chi connectivity index (χ2n) is 10.3. The largest absolute Gasteiger partial charge is 0.522 e. The third-order valence-corrected chi connectivity index (χ3v) is 7.80. The minimum Gasteiger partial charge on any atom is -0.356 e. The zero-order chi connectivity index (χ0) is 25.5. The summed E-state index contributed by atoms with van der Waals surface area (Å²) in [5.41, 5.74) is 8.79. The number of nitrogens with one attached hydrogen (secondary N) is 6. The van der Waals surface area contributed by atoms with Crippen LogP contribution in [0.15, 0.2) is 0 Å². The van der Waals surface area contributed by atoms with E-state index in [0.717, 1.165) is 38.6 Å². The highest BCUT2D eigenvalue weighted by atomic mass is 19.4. The van der Waals surface area contributed by atoms with Crippen LogP contribution in [-0.4, -0.2) is 55.9 Å². The zero-order valence-corrected chi connectivity index (χ0v) is 20.5. The molecule has 5 atom stereocenters. The monoisotopic (exact) mass is 520 g/mol. The molecular weight excluding hydrogens is 481 g/mol. The van der Waals surface area contributed by atoms with Gasteiger partial charge in [0, 0.05) is 24.8 Å². The highest BCUT2D eigenvalue weighted by Crippen LogP contribution is 2.34. The zero-order valence-electron chi connectivity index (χ0n) is 20.5. The summed E-state index contributed by atoms with van der Waals surface area (Å²) >= 11 is 0. The molecule has 5 unspecified atom stereocenters. The maximum atomic E-state index is 12.4. The van der Waals surface area contributed by atoms with E-state index in [2.05, 4.69) is 37.0 Å². The van der Waals surface area contributed by atoms with Gasteiger partial charge in [-0.15, -0.1) is 13.2 Å². The van der Waals surface area contributed by atoms with Crippen LogP contribution in [0.2, 0.25) is 0 Å². The lowest BCUT2D eigenvalue weighted by Gasteiger charge is -2.41. The third-order valence-electron chi connectivity index (χ3n) is 7.80. The Morgan fingerprint density at radius 1 is 1.08 bits per heavy atom. The number of amides is 2. The SMILES string of the molecule is O=C(CCC1NC(C2CCC(OC(F)(F)F)CC2)NO1)NCCCNC1NNC(=O)C2CCCCC12. The molecule has 0 spiro atoms. The van der Waals surface area contributed by atoms with E-state index in [1.807, 2.05) is 0 Å². The lowest BCUT2D eigenvalue weighted by atomic mass is 9.76. The summed E-state index contributed by atoms with van der Waals surface area (Å²) in [6, 6.07) is 0. The van der Waals surface area contributed by atoms with Gasteiger partial charge in [0.05, 0.1) is 18.4 Å². The third kappa shape index (κ3) is 7.99. The van der Waals surface area contributed by atoms with E-state index < -0.39 is 12.5 Å². The van der Waals surface area contributed by atoms with Gasteiger partial charge >= 0.3 is 6.36 Å².